The van der Waals surface area contributed by atoms with Gasteiger partial charge in [-0.3, -0.25) is 4.99 Å². The molecule has 0 radical (unpaired) electrons. The van der Waals surface area contributed by atoms with Gasteiger partial charge in [0.05, 0.1) is 36.3 Å². The fraction of sp³-hybridized carbons (Fsp3) is 0.267. The molecule has 206 valence electrons. The highest BCUT2D eigenvalue weighted by Crippen LogP contribution is 2.35. The molecule has 0 aliphatic heterocycles. The fourth-order valence-electron chi connectivity index (χ4n) is 4.22. The predicted molar refractivity (Wildman–Crippen MR) is 169 cm³/mol. The second-order valence-electron chi connectivity index (χ2n) is 8.61. The number of ether oxygens (including phenoxy) is 2. The van der Waals surface area contributed by atoms with Gasteiger partial charge in [-0.15, -0.1) is 46.9 Å². The number of hydrogen-bond donors (Lipinski definition) is 0. The summed E-state index contributed by atoms with van der Waals surface area (Å²) in [5.74, 6) is 2.37. The normalized spacial score (nSPS) is 10.9. The molecule has 0 saturated carbocycles. The summed E-state index contributed by atoms with van der Waals surface area (Å²) in [6.45, 7) is 3.43. The van der Waals surface area contributed by atoms with Crippen molar-refractivity contribution in [3.63, 3.8) is 0 Å². The van der Waals surface area contributed by atoms with Gasteiger partial charge in [-0.1, -0.05) is 42.5 Å². The monoisotopic (exact) mass is 603 g/mol. The van der Waals surface area contributed by atoms with E-state index in [1.54, 1.807) is 31.8 Å². The molecule has 3 aromatic carbocycles. The molecule has 5 nitrogen and oxygen atoms in total. The van der Waals surface area contributed by atoms with Gasteiger partial charge in [0.2, 0.25) is 0 Å². The van der Waals surface area contributed by atoms with Crippen LogP contribution in [0.15, 0.2) is 71.7 Å². The molecule has 0 atom stereocenters. The quantitative estimate of drug-likeness (QED) is 0.121. The van der Waals surface area contributed by atoms with Crippen LogP contribution in [0.4, 0.5) is 11.4 Å². The van der Waals surface area contributed by atoms with E-state index in [0.717, 1.165) is 39.6 Å². The summed E-state index contributed by atoms with van der Waals surface area (Å²) in [4.78, 5) is 12.9. The lowest BCUT2D eigenvalue weighted by molar-refractivity contribution is 0.402. The van der Waals surface area contributed by atoms with Crippen LogP contribution < -0.4 is 14.4 Å². The molecule has 4 aromatic rings. The van der Waals surface area contributed by atoms with Crippen LogP contribution in [0, 0.1) is 6.92 Å². The minimum atomic E-state index is 0. The minimum Gasteiger partial charge on any atom is -0.496 e. The smallest absolute Gasteiger partial charge is 0.143 e. The topological polar surface area (TPSA) is 47.0 Å². The van der Waals surface area contributed by atoms with Crippen molar-refractivity contribution in [1.29, 1.82) is 0 Å². The van der Waals surface area contributed by atoms with E-state index in [1.165, 1.54) is 10.4 Å². The van der Waals surface area contributed by atoms with Gasteiger partial charge in [0.1, 0.15) is 11.5 Å². The SMILES string of the molecule is COc1cc(N(CCCl)CCCl)c(OC)cc1C=Nc1ccc(-c2nc(Cc3ccccc3)sc2C)cc1.Cl. The van der Waals surface area contributed by atoms with Crippen molar-refractivity contribution in [2.24, 2.45) is 4.99 Å². The van der Waals surface area contributed by atoms with Gasteiger partial charge in [0.15, 0.2) is 0 Å². The number of methoxy groups -OCH3 is 2. The Balaban J connectivity index is 0.00000420. The number of aromatic nitrogens is 1. The van der Waals surface area contributed by atoms with Gasteiger partial charge in [0, 0.05) is 59.6 Å². The lowest BCUT2D eigenvalue weighted by atomic mass is 10.1. The van der Waals surface area contributed by atoms with E-state index in [0.29, 0.717) is 36.3 Å². The lowest BCUT2D eigenvalue weighted by Gasteiger charge is -2.26. The number of alkyl halides is 2. The zero-order valence-corrected chi connectivity index (χ0v) is 25.3. The summed E-state index contributed by atoms with van der Waals surface area (Å²) in [6, 6.07) is 22.4. The summed E-state index contributed by atoms with van der Waals surface area (Å²) in [6.07, 6.45) is 2.63. The number of aliphatic imine (C=N–C) groups is 1. The molecule has 1 heterocycles. The summed E-state index contributed by atoms with van der Waals surface area (Å²) in [5, 5.41) is 1.12. The van der Waals surface area contributed by atoms with Gasteiger partial charge in [-0.25, -0.2) is 4.98 Å². The molecule has 39 heavy (non-hydrogen) atoms. The number of benzene rings is 3. The minimum absolute atomic E-state index is 0. The molecule has 0 bridgehead atoms. The predicted octanol–water partition coefficient (Wildman–Crippen LogP) is 8.18. The second-order valence-corrected chi connectivity index (χ2v) is 10.7. The molecule has 0 aliphatic carbocycles. The molecule has 0 aliphatic rings. The Labute approximate surface area is 250 Å². The number of nitrogens with zero attached hydrogens (tertiary/aromatic N) is 3. The standard InChI is InChI=1S/C30H31Cl2N3O2S.ClH/c1-21-30(34-29(38-21)17-22-7-5-4-6-8-22)23-9-11-25(12-10-23)33-20-24-18-28(37-3)26(19-27(24)36-2)35(15-13-31)16-14-32;/h4-12,18-20H,13-17H2,1-3H3;1H. The molecule has 0 fully saturated rings. The summed E-state index contributed by atoms with van der Waals surface area (Å²) in [7, 11) is 3.30. The van der Waals surface area contributed by atoms with E-state index >= 15 is 0 Å². The van der Waals surface area contributed by atoms with Crippen LogP contribution in [-0.4, -0.2) is 50.3 Å². The number of anilines is 1. The van der Waals surface area contributed by atoms with Crippen LogP contribution in [0.3, 0.4) is 0 Å². The molecule has 0 spiro atoms. The highest BCUT2D eigenvalue weighted by molar-refractivity contribution is 7.12. The van der Waals surface area contributed by atoms with Crippen LogP contribution in [0.25, 0.3) is 11.3 Å². The summed E-state index contributed by atoms with van der Waals surface area (Å²) >= 11 is 13.8. The van der Waals surface area contributed by atoms with Crippen LogP contribution >= 0.6 is 46.9 Å². The van der Waals surface area contributed by atoms with E-state index in [2.05, 4.69) is 48.2 Å². The van der Waals surface area contributed by atoms with Crippen molar-refractivity contribution < 1.29 is 9.47 Å². The van der Waals surface area contributed by atoms with Gasteiger partial charge >= 0.3 is 0 Å². The maximum Gasteiger partial charge on any atom is 0.143 e. The molecule has 1 aromatic heterocycles. The van der Waals surface area contributed by atoms with E-state index in [9.17, 15) is 0 Å². The Morgan fingerprint density at radius 2 is 1.59 bits per heavy atom. The maximum absolute atomic E-state index is 6.01. The Kier molecular flexibility index (Phi) is 11.9. The van der Waals surface area contributed by atoms with E-state index in [1.807, 2.05) is 30.3 Å². The van der Waals surface area contributed by atoms with Crippen LogP contribution in [0.2, 0.25) is 0 Å². The van der Waals surface area contributed by atoms with Crippen molar-refractivity contribution in [3.05, 3.63) is 87.7 Å². The van der Waals surface area contributed by atoms with Crippen LogP contribution in [-0.2, 0) is 6.42 Å². The first-order valence-corrected chi connectivity index (χ1v) is 14.2. The van der Waals surface area contributed by atoms with Crippen LogP contribution in [0.1, 0.15) is 21.0 Å². The van der Waals surface area contributed by atoms with Crippen molar-refractivity contribution in [2.75, 3.05) is 44.0 Å². The third kappa shape index (κ3) is 7.89. The van der Waals surface area contributed by atoms with Crippen molar-refractivity contribution >= 4 is 64.5 Å². The van der Waals surface area contributed by atoms with Crippen LogP contribution in [0.5, 0.6) is 11.5 Å². The highest BCUT2D eigenvalue weighted by atomic mass is 35.5. The second kappa shape index (κ2) is 15.1. The van der Waals surface area contributed by atoms with E-state index in [4.69, 9.17) is 42.7 Å². The van der Waals surface area contributed by atoms with Crippen molar-refractivity contribution in [2.45, 2.75) is 13.3 Å². The Hall–Kier alpha value is -2.77. The highest BCUT2D eigenvalue weighted by Gasteiger charge is 2.16. The number of thiazole rings is 1. The Morgan fingerprint density at radius 1 is 0.923 bits per heavy atom. The maximum atomic E-state index is 6.01. The average Bonchev–Trinajstić information content (AvgIpc) is 3.31. The summed E-state index contributed by atoms with van der Waals surface area (Å²) in [5.41, 5.74) is 5.91. The number of hydrogen-bond acceptors (Lipinski definition) is 6. The number of aryl methyl sites for hydroxylation is 1. The van der Waals surface area contributed by atoms with Gasteiger partial charge in [0.25, 0.3) is 0 Å². The average molecular weight is 605 g/mol. The molecule has 0 unspecified atom stereocenters. The lowest BCUT2D eigenvalue weighted by Crippen LogP contribution is -2.28. The van der Waals surface area contributed by atoms with Gasteiger partial charge in [-0.05, 0) is 30.7 Å². The Bertz CT molecular complexity index is 1360. The largest absolute Gasteiger partial charge is 0.496 e. The molecule has 0 amide bonds. The van der Waals surface area contributed by atoms with E-state index in [-0.39, 0.29) is 12.4 Å². The van der Waals surface area contributed by atoms with Crippen molar-refractivity contribution in [1.82, 2.24) is 4.98 Å². The first-order chi connectivity index (χ1) is 18.6. The zero-order valence-electron chi connectivity index (χ0n) is 22.2. The molecule has 4 rings (SSSR count). The molecule has 0 saturated heterocycles. The first kappa shape index (κ1) is 30.8. The number of halogens is 3. The van der Waals surface area contributed by atoms with Gasteiger partial charge < -0.3 is 14.4 Å². The summed E-state index contributed by atoms with van der Waals surface area (Å²) < 4.78 is 11.3. The van der Waals surface area contributed by atoms with Gasteiger partial charge in [-0.2, -0.15) is 0 Å². The Morgan fingerprint density at radius 3 is 2.21 bits per heavy atom. The van der Waals surface area contributed by atoms with E-state index < -0.39 is 0 Å². The fourth-order valence-corrected chi connectivity index (χ4v) is 5.62. The molecule has 0 N–H and O–H groups in total. The zero-order chi connectivity index (χ0) is 26.9. The third-order valence-electron chi connectivity index (χ3n) is 6.11. The number of rotatable bonds is 12. The molecule has 9 heteroatoms. The first-order valence-electron chi connectivity index (χ1n) is 12.3. The molecular formula is C30H32Cl3N3O2S. The third-order valence-corrected chi connectivity index (χ3v) is 7.42. The molecular weight excluding hydrogens is 573 g/mol. The van der Waals surface area contributed by atoms with Crippen molar-refractivity contribution in [3.8, 4) is 22.8 Å².